The fourth-order valence-electron chi connectivity index (χ4n) is 6.58. The predicted molar refractivity (Wildman–Crippen MR) is 129 cm³/mol. The van der Waals surface area contributed by atoms with Crippen molar-refractivity contribution in [2.24, 2.45) is 0 Å². The van der Waals surface area contributed by atoms with E-state index in [0.29, 0.717) is 16.6 Å². The molecule has 164 valence electrons. The number of hydrogen-bond acceptors (Lipinski definition) is 2. The molecule has 1 saturated carbocycles. The zero-order valence-corrected chi connectivity index (χ0v) is 20.7. The van der Waals surface area contributed by atoms with Crippen LogP contribution in [0.1, 0.15) is 72.8 Å². The quantitative estimate of drug-likeness (QED) is 0.467. The van der Waals surface area contributed by atoms with Gasteiger partial charge >= 0.3 is 0 Å². The minimum absolute atomic E-state index is 0.291. The monoisotopic (exact) mass is 425 g/mol. The molecule has 1 aromatic carbocycles. The third kappa shape index (κ3) is 3.51. The van der Waals surface area contributed by atoms with E-state index in [1.807, 2.05) is 0 Å². The Hall–Kier alpha value is -1.36. The highest BCUT2D eigenvalue weighted by molar-refractivity contribution is 6.82. The average Bonchev–Trinajstić information content (AvgIpc) is 3.30. The van der Waals surface area contributed by atoms with E-state index in [4.69, 9.17) is 9.47 Å². The molecular weight excluding hydrogens is 386 g/mol. The molecule has 1 saturated heterocycles. The van der Waals surface area contributed by atoms with Crippen molar-refractivity contribution in [3.8, 4) is 0 Å². The Morgan fingerprint density at radius 1 is 0.900 bits per heavy atom. The lowest BCUT2D eigenvalue weighted by atomic mass is 9.88. The Labute approximate surface area is 183 Å². The highest BCUT2D eigenvalue weighted by Crippen LogP contribution is 2.45. The third-order valence-electron chi connectivity index (χ3n) is 7.76. The van der Waals surface area contributed by atoms with Crippen molar-refractivity contribution in [1.29, 1.82) is 0 Å². The zero-order chi connectivity index (χ0) is 21.5. The number of hydrogen-bond donors (Lipinski definition) is 0. The van der Waals surface area contributed by atoms with Gasteiger partial charge in [0.15, 0.2) is 14.0 Å². The molecule has 0 N–H and O–H groups in total. The van der Waals surface area contributed by atoms with E-state index in [2.05, 4.69) is 82.3 Å². The summed E-state index contributed by atoms with van der Waals surface area (Å²) in [6.07, 6.45) is 9.08. The molecule has 2 heterocycles. The number of fused-ring (bicyclic) bond motifs is 1. The normalized spacial score (nSPS) is 19.7. The molecule has 1 spiro atoms. The van der Waals surface area contributed by atoms with Crippen molar-refractivity contribution >= 4 is 25.2 Å². The first-order valence-electron chi connectivity index (χ1n) is 11.9. The molecule has 0 amide bonds. The second kappa shape index (κ2) is 8.29. The summed E-state index contributed by atoms with van der Waals surface area (Å²) in [6, 6.07) is 9.04. The van der Waals surface area contributed by atoms with Crippen LogP contribution in [0, 0.1) is 0 Å². The molecule has 0 radical (unpaired) electrons. The maximum Gasteiger partial charge on any atom is 0.169 e. The number of rotatable bonds is 5. The number of ether oxygens (including phenoxy) is 2. The van der Waals surface area contributed by atoms with Crippen molar-refractivity contribution in [2.45, 2.75) is 89.6 Å². The topological polar surface area (TPSA) is 23.4 Å². The molecule has 0 bridgehead atoms. The van der Waals surface area contributed by atoms with E-state index in [-0.39, 0.29) is 5.79 Å². The van der Waals surface area contributed by atoms with E-state index in [1.54, 1.807) is 0 Å². The lowest BCUT2D eigenvalue weighted by Gasteiger charge is -2.44. The lowest BCUT2D eigenvalue weighted by Crippen LogP contribution is -2.51. The van der Waals surface area contributed by atoms with Crippen LogP contribution in [-0.4, -0.2) is 31.5 Å². The Morgan fingerprint density at radius 2 is 1.47 bits per heavy atom. The maximum absolute atomic E-state index is 5.93. The summed E-state index contributed by atoms with van der Waals surface area (Å²) in [4.78, 5) is 0. The summed E-state index contributed by atoms with van der Waals surface area (Å²) >= 11 is 0. The molecule has 30 heavy (non-hydrogen) atoms. The Morgan fingerprint density at radius 3 is 2.03 bits per heavy atom. The largest absolute Gasteiger partial charge is 0.373 e. The van der Waals surface area contributed by atoms with Crippen molar-refractivity contribution in [1.82, 2.24) is 4.23 Å². The second-order valence-electron chi connectivity index (χ2n) is 10.2. The van der Waals surface area contributed by atoms with Gasteiger partial charge in [0, 0.05) is 29.9 Å². The SMILES string of the molecule is CC(C)[Si](C(C)C)(C(C)C)n1cc(C=C2CCC3(CC2)OCCO3)c2ccccc21. The van der Waals surface area contributed by atoms with Gasteiger partial charge < -0.3 is 13.7 Å². The number of para-hydroxylation sites is 1. The molecule has 4 rings (SSSR count). The summed E-state index contributed by atoms with van der Waals surface area (Å²) in [5.41, 5.74) is 6.39. The van der Waals surface area contributed by atoms with Gasteiger partial charge in [0.25, 0.3) is 0 Å². The zero-order valence-electron chi connectivity index (χ0n) is 19.7. The first-order valence-corrected chi connectivity index (χ1v) is 14.1. The molecule has 2 aromatic rings. The maximum atomic E-state index is 5.93. The van der Waals surface area contributed by atoms with E-state index >= 15 is 0 Å². The van der Waals surface area contributed by atoms with Crippen LogP contribution in [0.5, 0.6) is 0 Å². The summed E-state index contributed by atoms with van der Waals surface area (Å²) in [6.45, 7) is 16.2. The molecule has 0 atom stereocenters. The third-order valence-corrected chi connectivity index (χ3v) is 14.5. The molecule has 2 aliphatic rings. The standard InChI is InChI=1S/C26H39NO2Si/c1-19(2)30(20(3)4,21(5)6)27-18-23(24-9-7-8-10-25(24)27)17-22-11-13-26(14-12-22)28-15-16-29-26/h7-10,17-21H,11-16H2,1-6H3. The summed E-state index contributed by atoms with van der Waals surface area (Å²) in [5, 5.41) is 1.40. The summed E-state index contributed by atoms with van der Waals surface area (Å²) in [7, 11) is -1.79. The van der Waals surface area contributed by atoms with Crippen molar-refractivity contribution in [3.05, 3.63) is 41.6 Å². The molecule has 0 unspecified atom stereocenters. The molecule has 1 aliphatic heterocycles. The van der Waals surface area contributed by atoms with Gasteiger partial charge in [-0.3, -0.25) is 0 Å². The van der Waals surface area contributed by atoms with E-state index in [1.165, 1.54) is 22.0 Å². The molecule has 1 aromatic heterocycles. The van der Waals surface area contributed by atoms with Crippen LogP contribution in [0.4, 0.5) is 0 Å². The molecule has 4 heteroatoms. The number of nitrogens with zero attached hydrogens (tertiary/aromatic N) is 1. The van der Waals surface area contributed by atoms with E-state index in [9.17, 15) is 0 Å². The minimum Gasteiger partial charge on any atom is -0.373 e. The number of aromatic nitrogens is 1. The summed E-state index contributed by atoms with van der Waals surface area (Å²) in [5.74, 6) is -0.291. The van der Waals surface area contributed by atoms with Crippen LogP contribution in [0.25, 0.3) is 17.0 Å². The predicted octanol–water partition coefficient (Wildman–Crippen LogP) is 7.37. The van der Waals surface area contributed by atoms with Gasteiger partial charge in [0.1, 0.15) is 0 Å². The Balaban J connectivity index is 1.76. The van der Waals surface area contributed by atoms with Gasteiger partial charge in [-0.1, -0.05) is 71.4 Å². The second-order valence-corrected chi connectivity index (χ2v) is 16.0. The van der Waals surface area contributed by atoms with Crippen LogP contribution < -0.4 is 0 Å². The molecule has 1 aliphatic carbocycles. The first kappa shape index (κ1) is 21.9. The fraction of sp³-hybridized carbons (Fsp3) is 0.615. The first-order chi connectivity index (χ1) is 14.3. The van der Waals surface area contributed by atoms with Crippen LogP contribution in [0.2, 0.25) is 16.6 Å². The number of benzene rings is 1. The Kier molecular flexibility index (Phi) is 6.04. The van der Waals surface area contributed by atoms with Crippen molar-refractivity contribution < 1.29 is 9.47 Å². The van der Waals surface area contributed by atoms with Crippen LogP contribution in [0.3, 0.4) is 0 Å². The average molecular weight is 426 g/mol. The van der Waals surface area contributed by atoms with Gasteiger partial charge in [-0.15, -0.1) is 0 Å². The van der Waals surface area contributed by atoms with Gasteiger partial charge in [-0.2, -0.15) is 0 Å². The van der Waals surface area contributed by atoms with E-state index in [0.717, 1.165) is 38.9 Å². The van der Waals surface area contributed by atoms with Crippen molar-refractivity contribution in [2.75, 3.05) is 13.2 Å². The molecular formula is C26H39NO2Si. The molecule has 2 fully saturated rings. The van der Waals surface area contributed by atoms with E-state index < -0.39 is 8.24 Å². The van der Waals surface area contributed by atoms with Gasteiger partial charge in [0.2, 0.25) is 0 Å². The van der Waals surface area contributed by atoms with Crippen LogP contribution in [-0.2, 0) is 9.47 Å². The lowest BCUT2D eigenvalue weighted by molar-refractivity contribution is -0.171. The fourth-order valence-corrected chi connectivity index (χ4v) is 13.2. The van der Waals surface area contributed by atoms with Gasteiger partial charge in [-0.25, -0.2) is 0 Å². The minimum atomic E-state index is -1.79. The van der Waals surface area contributed by atoms with Gasteiger partial charge in [0.05, 0.1) is 13.2 Å². The van der Waals surface area contributed by atoms with Gasteiger partial charge in [-0.05, 0) is 41.1 Å². The summed E-state index contributed by atoms with van der Waals surface area (Å²) < 4.78 is 14.6. The highest BCUT2D eigenvalue weighted by Gasteiger charge is 2.46. The smallest absolute Gasteiger partial charge is 0.169 e. The van der Waals surface area contributed by atoms with Crippen molar-refractivity contribution in [3.63, 3.8) is 0 Å². The van der Waals surface area contributed by atoms with Crippen LogP contribution >= 0.6 is 0 Å². The number of allylic oxidation sites excluding steroid dienone is 1. The highest BCUT2D eigenvalue weighted by atomic mass is 28.3. The van der Waals surface area contributed by atoms with Crippen LogP contribution in [0.15, 0.2) is 36.0 Å². The Bertz CT molecular complexity index is 884. The molecule has 3 nitrogen and oxygen atoms in total.